The SMILES string of the molecule is CCCCCCCCCCCCCCCC(=O)C(O)[C@H]1O[C@@H](n2cnc3c(N)ncnc32)C[C@@H]1O. The summed E-state index contributed by atoms with van der Waals surface area (Å²) < 4.78 is 7.52. The molecule has 1 fully saturated rings. The van der Waals surface area contributed by atoms with Crippen molar-refractivity contribution in [1.29, 1.82) is 0 Å². The monoisotopic (exact) mass is 489 g/mol. The van der Waals surface area contributed by atoms with E-state index in [1.54, 1.807) is 4.57 Å². The third-order valence-corrected chi connectivity index (χ3v) is 7.00. The van der Waals surface area contributed by atoms with Crippen LogP contribution in [0.3, 0.4) is 0 Å². The first kappa shape index (κ1) is 27.5. The minimum Gasteiger partial charge on any atom is -0.390 e. The minimum absolute atomic E-state index is 0.225. The van der Waals surface area contributed by atoms with E-state index in [0.717, 1.165) is 19.3 Å². The zero-order valence-corrected chi connectivity index (χ0v) is 21.1. The van der Waals surface area contributed by atoms with Gasteiger partial charge in [-0.2, -0.15) is 0 Å². The first-order chi connectivity index (χ1) is 17.0. The van der Waals surface area contributed by atoms with E-state index < -0.39 is 24.5 Å². The predicted octanol–water partition coefficient (Wildman–Crippen LogP) is 4.47. The summed E-state index contributed by atoms with van der Waals surface area (Å²) in [5.74, 6) is -0.0169. The van der Waals surface area contributed by atoms with Gasteiger partial charge in [0.15, 0.2) is 17.2 Å². The van der Waals surface area contributed by atoms with Gasteiger partial charge in [0.25, 0.3) is 0 Å². The quantitative estimate of drug-likeness (QED) is 0.277. The van der Waals surface area contributed by atoms with Crippen LogP contribution < -0.4 is 5.73 Å². The van der Waals surface area contributed by atoms with Gasteiger partial charge < -0.3 is 20.7 Å². The molecular weight excluding hydrogens is 446 g/mol. The van der Waals surface area contributed by atoms with Crippen LogP contribution in [0, 0.1) is 0 Å². The van der Waals surface area contributed by atoms with Crippen molar-refractivity contribution in [3.63, 3.8) is 0 Å². The highest BCUT2D eigenvalue weighted by Gasteiger charge is 2.42. The van der Waals surface area contributed by atoms with Gasteiger partial charge >= 0.3 is 0 Å². The van der Waals surface area contributed by atoms with E-state index in [2.05, 4.69) is 21.9 Å². The van der Waals surface area contributed by atoms with Crippen LogP contribution in [-0.2, 0) is 9.53 Å². The molecule has 0 aliphatic carbocycles. The summed E-state index contributed by atoms with van der Waals surface area (Å²) in [5, 5.41) is 21.0. The second-order valence-electron chi connectivity index (χ2n) is 9.85. The lowest BCUT2D eigenvalue weighted by atomic mass is 9.99. The summed E-state index contributed by atoms with van der Waals surface area (Å²) >= 11 is 0. The number of aliphatic hydroxyl groups excluding tert-OH is 2. The fourth-order valence-corrected chi connectivity index (χ4v) is 4.86. The molecule has 9 nitrogen and oxygen atoms in total. The molecule has 2 aromatic rings. The van der Waals surface area contributed by atoms with E-state index >= 15 is 0 Å². The molecule has 9 heteroatoms. The Morgan fingerprint density at radius 2 is 1.63 bits per heavy atom. The molecule has 0 saturated carbocycles. The number of unbranched alkanes of at least 4 members (excludes halogenated alkanes) is 12. The molecule has 3 heterocycles. The Balaban J connectivity index is 1.30. The third kappa shape index (κ3) is 7.95. The number of nitrogens with two attached hydrogens (primary N) is 1. The van der Waals surface area contributed by atoms with Crippen LogP contribution in [0.1, 0.15) is 109 Å². The molecule has 0 bridgehead atoms. The topological polar surface area (TPSA) is 136 Å². The number of aliphatic hydroxyl groups is 2. The Labute approximate surface area is 208 Å². The van der Waals surface area contributed by atoms with Gasteiger partial charge in [-0.05, 0) is 6.42 Å². The van der Waals surface area contributed by atoms with Crippen LogP contribution in [-0.4, -0.2) is 53.8 Å². The highest BCUT2D eigenvalue weighted by atomic mass is 16.5. The molecule has 1 aliphatic rings. The number of carbonyl (C=O) groups is 1. The Hall–Kier alpha value is -2.10. The molecule has 4 N–H and O–H groups in total. The predicted molar refractivity (Wildman–Crippen MR) is 136 cm³/mol. The molecule has 0 spiro atoms. The number of carbonyl (C=O) groups excluding carboxylic acids is 1. The van der Waals surface area contributed by atoms with E-state index in [-0.39, 0.29) is 18.0 Å². The lowest BCUT2D eigenvalue weighted by molar-refractivity contribution is -0.141. The molecule has 35 heavy (non-hydrogen) atoms. The van der Waals surface area contributed by atoms with Gasteiger partial charge in [0.1, 0.15) is 30.3 Å². The molecule has 2 aromatic heterocycles. The number of Topliss-reactive ketones (excluding diaryl/α,β-unsaturated/α-hetero) is 1. The van der Waals surface area contributed by atoms with Gasteiger partial charge in [-0.15, -0.1) is 0 Å². The van der Waals surface area contributed by atoms with Crippen molar-refractivity contribution in [3.8, 4) is 0 Å². The third-order valence-electron chi connectivity index (χ3n) is 7.00. The minimum atomic E-state index is -1.35. The average molecular weight is 490 g/mol. The standard InChI is InChI=1S/C26H43N5O4/c1-2-3-4-5-6-7-8-9-10-11-12-13-14-15-19(32)23(34)24-20(33)16-21(35-24)31-18-30-22-25(27)28-17-29-26(22)31/h17-18,20-21,23-24,33-34H,2-16H2,1H3,(H2,27,28,29)/t20-,21+,23?,24-/m0/s1. The number of ether oxygens (including phenoxy) is 1. The second-order valence-corrected chi connectivity index (χ2v) is 9.85. The molecule has 0 aromatic carbocycles. The largest absolute Gasteiger partial charge is 0.390 e. The van der Waals surface area contributed by atoms with Crippen molar-refractivity contribution in [2.24, 2.45) is 0 Å². The average Bonchev–Trinajstić information content (AvgIpc) is 3.45. The number of nitrogens with zero attached hydrogens (tertiary/aromatic N) is 4. The van der Waals surface area contributed by atoms with Gasteiger partial charge in [-0.25, -0.2) is 15.0 Å². The lowest BCUT2D eigenvalue weighted by Crippen LogP contribution is -2.40. The van der Waals surface area contributed by atoms with E-state index in [0.29, 0.717) is 17.6 Å². The summed E-state index contributed by atoms with van der Waals surface area (Å²) in [6.45, 7) is 2.25. The second kappa shape index (κ2) is 14.5. The Morgan fingerprint density at radius 1 is 1.03 bits per heavy atom. The zero-order valence-electron chi connectivity index (χ0n) is 21.1. The summed E-state index contributed by atoms with van der Waals surface area (Å²) in [7, 11) is 0. The van der Waals surface area contributed by atoms with Crippen molar-refractivity contribution >= 4 is 22.8 Å². The molecule has 196 valence electrons. The number of hydrogen-bond donors (Lipinski definition) is 3. The maximum absolute atomic E-state index is 12.5. The van der Waals surface area contributed by atoms with E-state index in [9.17, 15) is 15.0 Å². The van der Waals surface area contributed by atoms with Crippen LogP contribution in [0.15, 0.2) is 12.7 Å². The normalized spacial score (nSPS) is 21.1. The van der Waals surface area contributed by atoms with Crippen LogP contribution in [0.5, 0.6) is 0 Å². The molecule has 1 unspecified atom stereocenters. The first-order valence-corrected chi connectivity index (χ1v) is 13.5. The first-order valence-electron chi connectivity index (χ1n) is 13.5. The highest BCUT2D eigenvalue weighted by Crippen LogP contribution is 2.33. The number of nitrogen functional groups attached to an aromatic ring is 1. The molecule has 0 radical (unpaired) electrons. The molecule has 3 rings (SSSR count). The van der Waals surface area contributed by atoms with Crippen molar-refractivity contribution in [1.82, 2.24) is 19.5 Å². The van der Waals surface area contributed by atoms with Crippen LogP contribution in [0.4, 0.5) is 5.82 Å². The maximum atomic E-state index is 12.5. The van der Waals surface area contributed by atoms with E-state index in [4.69, 9.17) is 10.5 Å². The van der Waals surface area contributed by atoms with Crippen LogP contribution >= 0.6 is 0 Å². The number of rotatable bonds is 17. The molecule has 1 aliphatic heterocycles. The number of imidazole rings is 1. The van der Waals surface area contributed by atoms with E-state index in [1.807, 2.05) is 0 Å². The molecule has 0 amide bonds. The summed E-state index contributed by atoms with van der Waals surface area (Å²) in [4.78, 5) is 24.9. The van der Waals surface area contributed by atoms with Crippen LogP contribution in [0.25, 0.3) is 11.2 Å². The van der Waals surface area contributed by atoms with Gasteiger partial charge in [-0.3, -0.25) is 9.36 Å². The highest BCUT2D eigenvalue weighted by molar-refractivity contribution is 5.83. The van der Waals surface area contributed by atoms with Gasteiger partial charge in [-0.1, -0.05) is 84.0 Å². The van der Waals surface area contributed by atoms with Crippen LogP contribution in [0.2, 0.25) is 0 Å². The fourth-order valence-electron chi connectivity index (χ4n) is 4.86. The Morgan fingerprint density at radius 3 is 2.26 bits per heavy atom. The number of aromatic nitrogens is 4. The van der Waals surface area contributed by atoms with Crippen molar-refractivity contribution in [3.05, 3.63) is 12.7 Å². The lowest BCUT2D eigenvalue weighted by Gasteiger charge is -2.20. The summed E-state index contributed by atoms with van der Waals surface area (Å²) in [6.07, 6.45) is 15.6. The number of fused-ring (bicyclic) bond motifs is 1. The smallest absolute Gasteiger partial charge is 0.167 e. The Bertz CT molecular complexity index is 905. The Kier molecular flexibility index (Phi) is 11.4. The maximum Gasteiger partial charge on any atom is 0.167 e. The van der Waals surface area contributed by atoms with Crippen molar-refractivity contribution < 1.29 is 19.7 Å². The van der Waals surface area contributed by atoms with Gasteiger partial charge in [0, 0.05) is 12.8 Å². The molecular formula is C26H43N5O4. The number of hydrogen-bond acceptors (Lipinski definition) is 8. The number of anilines is 1. The van der Waals surface area contributed by atoms with Crippen molar-refractivity contribution in [2.45, 2.75) is 128 Å². The van der Waals surface area contributed by atoms with Crippen molar-refractivity contribution in [2.75, 3.05) is 5.73 Å². The van der Waals surface area contributed by atoms with E-state index in [1.165, 1.54) is 76.9 Å². The molecule has 4 atom stereocenters. The fraction of sp³-hybridized carbons (Fsp3) is 0.769. The number of ketones is 1. The van der Waals surface area contributed by atoms with Gasteiger partial charge in [0.2, 0.25) is 0 Å². The summed E-state index contributed by atoms with van der Waals surface area (Å²) in [5.41, 5.74) is 6.77. The summed E-state index contributed by atoms with van der Waals surface area (Å²) in [6, 6.07) is 0. The molecule has 1 saturated heterocycles. The zero-order chi connectivity index (χ0) is 25.0. The van der Waals surface area contributed by atoms with Gasteiger partial charge in [0.05, 0.1) is 12.4 Å².